The zero-order valence-electron chi connectivity index (χ0n) is 13.7. The molecule has 0 fully saturated rings. The highest BCUT2D eigenvalue weighted by molar-refractivity contribution is 5.20. The molecule has 120 valence electrons. The molecule has 0 aliphatic carbocycles. The molecule has 0 saturated carbocycles. The zero-order valence-corrected chi connectivity index (χ0v) is 13.7. The van der Waals surface area contributed by atoms with Crippen molar-refractivity contribution < 1.29 is 9.13 Å². The van der Waals surface area contributed by atoms with Gasteiger partial charge in [-0.1, -0.05) is 19.1 Å². The standard InChI is InChI=1S/C17H29FN2O/c1-5-10-19-17(15-7-6-8-16(18)12-15)9-11-20(3)14(2)13-21-4/h6-8,12,14,17,19H,5,9-11,13H2,1-4H3. The van der Waals surface area contributed by atoms with E-state index in [-0.39, 0.29) is 11.9 Å². The highest BCUT2D eigenvalue weighted by Crippen LogP contribution is 2.18. The molecular weight excluding hydrogens is 267 g/mol. The van der Waals surface area contributed by atoms with E-state index in [9.17, 15) is 4.39 Å². The molecule has 4 heteroatoms. The molecule has 0 amide bonds. The fraction of sp³-hybridized carbons (Fsp3) is 0.647. The van der Waals surface area contributed by atoms with Crippen LogP contribution < -0.4 is 5.32 Å². The minimum atomic E-state index is -0.170. The minimum absolute atomic E-state index is 0.170. The van der Waals surface area contributed by atoms with E-state index < -0.39 is 0 Å². The highest BCUT2D eigenvalue weighted by atomic mass is 19.1. The van der Waals surface area contributed by atoms with E-state index in [1.54, 1.807) is 19.2 Å². The molecule has 0 aliphatic rings. The van der Waals surface area contributed by atoms with Crippen LogP contribution in [0.25, 0.3) is 0 Å². The van der Waals surface area contributed by atoms with Gasteiger partial charge in [-0.05, 0) is 51.1 Å². The molecule has 21 heavy (non-hydrogen) atoms. The second kappa shape index (κ2) is 9.87. The van der Waals surface area contributed by atoms with Crippen LogP contribution in [0.5, 0.6) is 0 Å². The van der Waals surface area contributed by atoms with Gasteiger partial charge in [-0.3, -0.25) is 0 Å². The van der Waals surface area contributed by atoms with E-state index in [0.29, 0.717) is 6.04 Å². The molecule has 0 radical (unpaired) electrons. The van der Waals surface area contributed by atoms with E-state index in [0.717, 1.165) is 38.1 Å². The maximum Gasteiger partial charge on any atom is 0.123 e. The fourth-order valence-electron chi connectivity index (χ4n) is 2.35. The average molecular weight is 296 g/mol. The quantitative estimate of drug-likeness (QED) is 0.717. The smallest absolute Gasteiger partial charge is 0.123 e. The monoisotopic (exact) mass is 296 g/mol. The molecule has 3 nitrogen and oxygen atoms in total. The molecule has 1 aromatic carbocycles. The van der Waals surface area contributed by atoms with Crippen molar-refractivity contribution in [3.8, 4) is 0 Å². The Morgan fingerprint density at radius 2 is 2.14 bits per heavy atom. The first-order valence-corrected chi connectivity index (χ1v) is 7.76. The summed E-state index contributed by atoms with van der Waals surface area (Å²) in [6.45, 7) is 6.91. The first kappa shape index (κ1) is 18.1. The SMILES string of the molecule is CCCNC(CCN(C)C(C)COC)c1cccc(F)c1. The Hall–Kier alpha value is -0.970. The van der Waals surface area contributed by atoms with Gasteiger partial charge in [0, 0.05) is 25.7 Å². The van der Waals surface area contributed by atoms with Crippen molar-refractivity contribution in [3.63, 3.8) is 0 Å². The van der Waals surface area contributed by atoms with Crippen molar-refractivity contribution in [1.29, 1.82) is 0 Å². The van der Waals surface area contributed by atoms with Crippen molar-refractivity contribution >= 4 is 0 Å². The lowest BCUT2D eigenvalue weighted by molar-refractivity contribution is 0.113. The van der Waals surface area contributed by atoms with Crippen LogP contribution in [0.2, 0.25) is 0 Å². The summed E-state index contributed by atoms with van der Waals surface area (Å²) in [5.74, 6) is -0.170. The molecule has 1 rings (SSSR count). The molecular formula is C17H29FN2O. The fourth-order valence-corrected chi connectivity index (χ4v) is 2.35. The molecule has 0 saturated heterocycles. The molecule has 0 aromatic heterocycles. The topological polar surface area (TPSA) is 24.5 Å². The molecule has 2 unspecified atom stereocenters. The number of methoxy groups -OCH3 is 1. The summed E-state index contributed by atoms with van der Waals surface area (Å²) in [6.07, 6.45) is 2.02. The van der Waals surface area contributed by atoms with E-state index in [1.165, 1.54) is 6.07 Å². The lowest BCUT2D eigenvalue weighted by Crippen LogP contribution is -2.35. The number of rotatable bonds is 10. The largest absolute Gasteiger partial charge is 0.383 e. The van der Waals surface area contributed by atoms with Crippen LogP contribution in [-0.2, 0) is 4.74 Å². The van der Waals surface area contributed by atoms with Gasteiger partial charge in [-0.2, -0.15) is 0 Å². The van der Waals surface area contributed by atoms with Crippen LogP contribution in [0.15, 0.2) is 24.3 Å². The first-order valence-electron chi connectivity index (χ1n) is 7.76. The highest BCUT2D eigenvalue weighted by Gasteiger charge is 2.15. The zero-order chi connectivity index (χ0) is 15.7. The summed E-state index contributed by atoms with van der Waals surface area (Å²) in [7, 11) is 3.83. The van der Waals surface area contributed by atoms with Crippen LogP contribution in [-0.4, -0.2) is 44.8 Å². The van der Waals surface area contributed by atoms with Gasteiger partial charge in [0.1, 0.15) is 5.82 Å². The second-order valence-electron chi connectivity index (χ2n) is 5.64. The second-order valence-corrected chi connectivity index (χ2v) is 5.64. The van der Waals surface area contributed by atoms with Gasteiger partial charge in [-0.15, -0.1) is 0 Å². The third-order valence-electron chi connectivity index (χ3n) is 3.82. The molecule has 0 bridgehead atoms. The van der Waals surface area contributed by atoms with E-state index in [1.807, 2.05) is 6.07 Å². The first-order chi connectivity index (χ1) is 10.1. The summed E-state index contributed by atoms with van der Waals surface area (Å²) in [4.78, 5) is 2.28. The molecule has 1 aromatic rings. The number of hydrogen-bond acceptors (Lipinski definition) is 3. The maximum absolute atomic E-state index is 13.4. The number of ether oxygens (including phenoxy) is 1. The van der Waals surface area contributed by atoms with E-state index in [4.69, 9.17) is 4.74 Å². The van der Waals surface area contributed by atoms with Gasteiger partial charge in [0.15, 0.2) is 0 Å². The summed E-state index contributed by atoms with van der Waals surface area (Å²) < 4.78 is 18.6. The summed E-state index contributed by atoms with van der Waals surface area (Å²) in [5.41, 5.74) is 1.02. The van der Waals surface area contributed by atoms with Crippen LogP contribution >= 0.6 is 0 Å². The number of benzene rings is 1. The average Bonchev–Trinajstić information content (AvgIpc) is 2.47. The van der Waals surface area contributed by atoms with Gasteiger partial charge in [0.25, 0.3) is 0 Å². The lowest BCUT2D eigenvalue weighted by Gasteiger charge is -2.27. The number of nitrogens with one attached hydrogen (secondary N) is 1. The Balaban J connectivity index is 2.62. The van der Waals surface area contributed by atoms with Crippen molar-refractivity contribution in [3.05, 3.63) is 35.6 Å². The van der Waals surface area contributed by atoms with Crippen molar-refractivity contribution in [2.24, 2.45) is 0 Å². The van der Waals surface area contributed by atoms with Crippen LogP contribution in [0, 0.1) is 5.82 Å². The normalized spacial score (nSPS) is 14.4. The number of hydrogen-bond donors (Lipinski definition) is 1. The molecule has 0 spiro atoms. The van der Waals surface area contributed by atoms with Gasteiger partial charge in [0.2, 0.25) is 0 Å². The summed E-state index contributed by atoms with van der Waals surface area (Å²) in [5, 5.41) is 3.51. The Labute approximate surface area is 128 Å². The molecule has 0 heterocycles. The summed E-state index contributed by atoms with van der Waals surface area (Å²) >= 11 is 0. The predicted octanol–water partition coefficient (Wildman–Crippen LogP) is 3.22. The van der Waals surface area contributed by atoms with Gasteiger partial charge in [0.05, 0.1) is 6.61 Å². The Morgan fingerprint density at radius 1 is 1.38 bits per heavy atom. The minimum Gasteiger partial charge on any atom is -0.383 e. The van der Waals surface area contributed by atoms with Crippen molar-refractivity contribution in [2.45, 2.75) is 38.8 Å². The van der Waals surface area contributed by atoms with E-state index >= 15 is 0 Å². The van der Waals surface area contributed by atoms with Crippen LogP contribution in [0.1, 0.15) is 38.3 Å². The molecule has 1 N–H and O–H groups in total. The predicted molar refractivity (Wildman–Crippen MR) is 86.0 cm³/mol. The Morgan fingerprint density at radius 3 is 2.76 bits per heavy atom. The maximum atomic E-state index is 13.4. The molecule has 2 atom stereocenters. The summed E-state index contributed by atoms with van der Waals surface area (Å²) in [6, 6.07) is 7.48. The Kier molecular flexibility index (Phi) is 8.50. The Bertz CT molecular complexity index is 400. The third-order valence-corrected chi connectivity index (χ3v) is 3.82. The lowest BCUT2D eigenvalue weighted by atomic mass is 10.0. The number of likely N-dealkylation sites (N-methyl/N-ethyl adjacent to an activating group) is 1. The van der Waals surface area contributed by atoms with E-state index in [2.05, 4.69) is 31.1 Å². The third kappa shape index (κ3) is 6.55. The van der Waals surface area contributed by atoms with Gasteiger partial charge < -0.3 is 15.0 Å². The van der Waals surface area contributed by atoms with Gasteiger partial charge in [-0.25, -0.2) is 4.39 Å². The number of nitrogens with zero attached hydrogens (tertiary/aromatic N) is 1. The molecule has 0 aliphatic heterocycles. The van der Waals surface area contributed by atoms with Crippen LogP contribution in [0.3, 0.4) is 0 Å². The van der Waals surface area contributed by atoms with Crippen molar-refractivity contribution in [2.75, 3.05) is 33.9 Å². The van der Waals surface area contributed by atoms with Gasteiger partial charge >= 0.3 is 0 Å². The van der Waals surface area contributed by atoms with Crippen molar-refractivity contribution in [1.82, 2.24) is 10.2 Å². The number of halogens is 1. The van der Waals surface area contributed by atoms with Crippen LogP contribution in [0.4, 0.5) is 4.39 Å².